The summed E-state index contributed by atoms with van der Waals surface area (Å²) in [5.41, 5.74) is 0.781. The maximum Gasteiger partial charge on any atom is 0.228 e. The van der Waals surface area contributed by atoms with Crippen LogP contribution in [0.25, 0.3) is 0 Å². The summed E-state index contributed by atoms with van der Waals surface area (Å²) in [4.78, 5) is 0. The molecule has 0 unspecified atom stereocenters. The molecule has 0 atom stereocenters. The van der Waals surface area contributed by atoms with Crippen LogP contribution < -0.4 is 0 Å². The molecule has 0 saturated heterocycles. The van der Waals surface area contributed by atoms with E-state index in [-0.39, 0.29) is 6.54 Å². The predicted molar refractivity (Wildman–Crippen MR) is 74.2 cm³/mol. The summed E-state index contributed by atoms with van der Waals surface area (Å²) >= 11 is 3.29. The van der Waals surface area contributed by atoms with Gasteiger partial charge in [-0.3, -0.25) is 0 Å². The molecule has 0 spiro atoms. The molecule has 0 aliphatic carbocycles. The summed E-state index contributed by atoms with van der Waals surface area (Å²) in [5.74, 6) is 0. The summed E-state index contributed by atoms with van der Waals surface area (Å²) in [6.45, 7) is 0.136. The zero-order valence-corrected chi connectivity index (χ0v) is 13.2. The summed E-state index contributed by atoms with van der Waals surface area (Å²) in [6, 6.07) is 7.18. The average molecular weight is 356 g/mol. The van der Waals surface area contributed by atoms with E-state index in [9.17, 15) is 16.8 Å². The Kier molecular flexibility index (Phi) is 4.93. The molecule has 5 nitrogen and oxygen atoms in total. The van der Waals surface area contributed by atoms with Gasteiger partial charge in [-0.15, -0.1) is 0 Å². The Morgan fingerprint density at radius 2 is 1.83 bits per heavy atom. The smallest absolute Gasteiger partial charge is 0.228 e. The van der Waals surface area contributed by atoms with Gasteiger partial charge < -0.3 is 0 Å². The fourth-order valence-electron chi connectivity index (χ4n) is 1.35. The molecule has 0 N–H and O–H groups in total. The lowest BCUT2D eigenvalue weighted by Crippen LogP contribution is -2.31. The number of hydrogen-bond acceptors (Lipinski definition) is 4. The van der Waals surface area contributed by atoms with E-state index in [4.69, 9.17) is 0 Å². The molecule has 1 rings (SSSR count). The highest BCUT2D eigenvalue weighted by molar-refractivity contribution is 9.10. The fraction of sp³-hybridized carbons (Fsp3) is 0.400. The van der Waals surface area contributed by atoms with E-state index in [1.165, 1.54) is 7.05 Å². The molecule has 18 heavy (non-hydrogen) atoms. The molecule has 0 fully saturated rings. The lowest BCUT2D eigenvalue weighted by atomic mass is 10.2. The van der Waals surface area contributed by atoms with Crippen molar-refractivity contribution < 1.29 is 16.8 Å². The highest BCUT2D eigenvalue weighted by atomic mass is 79.9. The van der Waals surface area contributed by atoms with Crippen molar-refractivity contribution in [3.63, 3.8) is 0 Å². The highest BCUT2D eigenvalue weighted by Gasteiger charge is 2.23. The third-order valence-electron chi connectivity index (χ3n) is 2.13. The van der Waals surface area contributed by atoms with Gasteiger partial charge in [0.2, 0.25) is 10.0 Å². The molecule has 0 bridgehead atoms. The number of sulfone groups is 1. The monoisotopic (exact) mass is 355 g/mol. The maximum absolute atomic E-state index is 11.8. The molecule has 1 aromatic rings. The molecular formula is C10H14BrNO4S2. The second-order valence-electron chi connectivity index (χ2n) is 4.04. The lowest BCUT2D eigenvalue weighted by molar-refractivity contribution is 0.470. The van der Waals surface area contributed by atoms with Gasteiger partial charge in [-0.25, -0.2) is 16.8 Å². The quantitative estimate of drug-likeness (QED) is 0.795. The summed E-state index contributed by atoms with van der Waals surface area (Å²) in [5, 5.41) is -0.871. The number of hydrogen-bond donors (Lipinski definition) is 0. The van der Waals surface area contributed by atoms with Gasteiger partial charge in [0.05, 0.1) is 0 Å². The molecule has 0 aliphatic rings. The summed E-state index contributed by atoms with van der Waals surface area (Å²) in [6.07, 6.45) is 0.900. The van der Waals surface area contributed by atoms with E-state index in [1.54, 1.807) is 18.2 Å². The van der Waals surface area contributed by atoms with Crippen molar-refractivity contribution >= 4 is 35.8 Å². The molecule has 0 aliphatic heterocycles. The van der Waals surface area contributed by atoms with E-state index in [1.807, 2.05) is 6.07 Å². The fourth-order valence-corrected chi connectivity index (χ4v) is 5.03. The highest BCUT2D eigenvalue weighted by Crippen LogP contribution is 2.14. The van der Waals surface area contributed by atoms with Gasteiger partial charge >= 0.3 is 0 Å². The standard InChI is InChI=1S/C10H14BrNO4S2/c1-12(18(15,16)8-17(2,13)14)7-9-4-3-5-10(11)6-9/h3-6H,7-8H2,1-2H3. The van der Waals surface area contributed by atoms with Crippen LogP contribution in [0.2, 0.25) is 0 Å². The van der Waals surface area contributed by atoms with Crippen molar-refractivity contribution in [3.05, 3.63) is 34.3 Å². The van der Waals surface area contributed by atoms with Crippen LogP contribution in [0.4, 0.5) is 0 Å². The largest absolute Gasteiger partial charge is 0.228 e. The van der Waals surface area contributed by atoms with Crippen LogP contribution in [0, 0.1) is 0 Å². The Morgan fingerprint density at radius 3 is 2.33 bits per heavy atom. The average Bonchev–Trinajstić information content (AvgIpc) is 2.13. The van der Waals surface area contributed by atoms with E-state index >= 15 is 0 Å². The zero-order chi connectivity index (χ0) is 14.0. The molecule has 0 amide bonds. The first-order valence-corrected chi connectivity index (χ1v) is 9.42. The Balaban J connectivity index is 2.86. The van der Waals surface area contributed by atoms with Gasteiger partial charge in [0.25, 0.3) is 0 Å². The van der Waals surface area contributed by atoms with E-state index in [0.717, 1.165) is 20.6 Å². The Hall–Kier alpha value is -0.440. The SMILES string of the molecule is CN(Cc1cccc(Br)c1)S(=O)(=O)CS(C)(=O)=O. The van der Waals surface area contributed by atoms with Gasteiger partial charge in [0, 0.05) is 24.3 Å². The molecule has 102 valence electrons. The van der Waals surface area contributed by atoms with E-state index < -0.39 is 24.9 Å². The summed E-state index contributed by atoms with van der Waals surface area (Å²) in [7, 11) is -6.00. The minimum absolute atomic E-state index is 0.136. The van der Waals surface area contributed by atoms with Crippen molar-refractivity contribution in [1.29, 1.82) is 0 Å². The number of sulfonamides is 1. The van der Waals surface area contributed by atoms with Gasteiger partial charge in [-0.2, -0.15) is 4.31 Å². The summed E-state index contributed by atoms with van der Waals surface area (Å²) < 4.78 is 47.5. The Morgan fingerprint density at radius 1 is 1.22 bits per heavy atom. The topological polar surface area (TPSA) is 71.5 Å². The van der Waals surface area contributed by atoms with Gasteiger partial charge in [0.1, 0.15) is 0 Å². The van der Waals surface area contributed by atoms with Crippen molar-refractivity contribution in [1.82, 2.24) is 4.31 Å². The van der Waals surface area contributed by atoms with Gasteiger partial charge in [-0.1, -0.05) is 28.1 Å². The minimum atomic E-state index is -3.80. The maximum atomic E-state index is 11.8. The van der Waals surface area contributed by atoms with Crippen LogP contribution in [-0.4, -0.2) is 39.5 Å². The number of benzene rings is 1. The van der Waals surface area contributed by atoms with Crippen LogP contribution in [0.5, 0.6) is 0 Å². The Labute approximate surface area is 116 Å². The van der Waals surface area contributed by atoms with Gasteiger partial charge in [-0.05, 0) is 17.7 Å². The first-order valence-electron chi connectivity index (χ1n) is 4.96. The first kappa shape index (κ1) is 15.6. The molecular weight excluding hydrogens is 342 g/mol. The third-order valence-corrected chi connectivity index (χ3v) is 6.61. The second kappa shape index (κ2) is 5.68. The van der Waals surface area contributed by atoms with Crippen molar-refractivity contribution in [2.75, 3.05) is 18.4 Å². The molecule has 0 aromatic heterocycles. The van der Waals surface area contributed by atoms with Crippen molar-refractivity contribution in [2.24, 2.45) is 0 Å². The van der Waals surface area contributed by atoms with Crippen LogP contribution >= 0.6 is 15.9 Å². The van der Waals surface area contributed by atoms with Crippen LogP contribution in [0.1, 0.15) is 5.56 Å². The van der Waals surface area contributed by atoms with Crippen LogP contribution in [0.15, 0.2) is 28.7 Å². The predicted octanol–water partition coefficient (Wildman–Crippen LogP) is 1.21. The van der Waals surface area contributed by atoms with Crippen LogP contribution in [-0.2, 0) is 26.4 Å². The van der Waals surface area contributed by atoms with Crippen LogP contribution in [0.3, 0.4) is 0 Å². The normalized spacial score (nSPS) is 12.9. The molecule has 0 heterocycles. The van der Waals surface area contributed by atoms with Crippen molar-refractivity contribution in [3.8, 4) is 0 Å². The van der Waals surface area contributed by atoms with Crippen molar-refractivity contribution in [2.45, 2.75) is 6.54 Å². The van der Waals surface area contributed by atoms with E-state index in [2.05, 4.69) is 15.9 Å². The van der Waals surface area contributed by atoms with E-state index in [0.29, 0.717) is 0 Å². The molecule has 1 aromatic carbocycles. The number of nitrogens with zero attached hydrogens (tertiary/aromatic N) is 1. The second-order valence-corrected chi connectivity index (χ2v) is 9.54. The Bertz CT molecular complexity index is 625. The lowest BCUT2D eigenvalue weighted by Gasteiger charge is -2.16. The first-order chi connectivity index (χ1) is 8.10. The number of rotatable bonds is 5. The molecule has 0 saturated carbocycles. The zero-order valence-electron chi connectivity index (χ0n) is 10.00. The van der Waals surface area contributed by atoms with Gasteiger partial charge in [0.15, 0.2) is 14.9 Å². The number of halogens is 1. The third kappa shape index (κ3) is 5.05. The minimum Gasteiger partial charge on any atom is -0.228 e. The molecule has 0 radical (unpaired) electrons. The molecule has 8 heteroatoms.